The van der Waals surface area contributed by atoms with Gasteiger partial charge in [0, 0.05) is 12.3 Å². The molecule has 1 heteroatoms. The molecule has 0 aliphatic heterocycles. The molecular weight excluding hydrogens is 160 g/mol. The van der Waals surface area contributed by atoms with E-state index in [-0.39, 0.29) is 0 Å². The van der Waals surface area contributed by atoms with E-state index >= 15 is 0 Å². The minimum Gasteiger partial charge on any atom is -0.299 e. The molecule has 78 valence electrons. The molecule has 0 rings (SSSR count). The molecule has 0 aromatic rings. The van der Waals surface area contributed by atoms with Gasteiger partial charge in [0.1, 0.15) is 5.78 Å². The van der Waals surface area contributed by atoms with E-state index in [0.717, 1.165) is 25.2 Å². The number of rotatable bonds is 7. The van der Waals surface area contributed by atoms with Crippen molar-refractivity contribution in [3.63, 3.8) is 0 Å². The van der Waals surface area contributed by atoms with Crippen LogP contribution < -0.4 is 0 Å². The zero-order valence-corrected chi connectivity index (χ0v) is 9.60. The number of Topliss-reactive ketones (excluding diaryl/α,β-unsaturated/α-hetero) is 1. The van der Waals surface area contributed by atoms with Crippen molar-refractivity contribution in [1.82, 2.24) is 0 Å². The average Bonchev–Trinajstić information content (AvgIpc) is 2.10. The predicted octanol–water partition coefficient (Wildman–Crippen LogP) is 3.82. The van der Waals surface area contributed by atoms with Crippen LogP contribution >= 0.6 is 0 Å². The van der Waals surface area contributed by atoms with E-state index in [1.54, 1.807) is 0 Å². The number of hydrogen-bond acceptors (Lipinski definition) is 1. The maximum Gasteiger partial charge on any atom is 0.135 e. The van der Waals surface area contributed by atoms with Crippen LogP contribution in [0.3, 0.4) is 0 Å². The molecule has 0 saturated carbocycles. The van der Waals surface area contributed by atoms with Crippen molar-refractivity contribution < 1.29 is 4.79 Å². The summed E-state index contributed by atoms with van der Waals surface area (Å²) in [6, 6.07) is 0. The van der Waals surface area contributed by atoms with Gasteiger partial charge in [0.2, 0.25) is 0 Å². The van der Waals surface area contributed by atoms with Crippen molar-refractivity contribution in [1.29, 1.82) is 0 Å². The Bertz CT molecular complexity index is 138. The lowest BCUT2D eigenvalue weighted by molar-refractivity contribution is -0.123. The molecule has 0 aliphatic carbocycles. The first-order chi connectivity index (χ1) is 6.11. The minimum atomic E-state index is 0.345. The Balaban J connectivity index is 3.86. The van der Waals surface area contributed by atoms with Gasteiger partial charge in [0.15, 0.2) is 0 Å². The van der Waals surface area contributed by atoms with Crippen LogP contribution in [0.5, 0.6) is 0 Å². The van der Waals surface area contributed by atoms with Crippen LogP contribution in [0.4, 0.5) is 0 Å². The van der Waals surface area contributed by atoms with Crippen LogP contribution in [-0.2, 0) is 4.79 Å². The summed E-state index contributed by atoms with van der Waals surface area (Å²) in [7, 11) is 0. The largest absolute Gasteiger partial charge is 0.299 e. The second-order valence-electron chi connectivity index (χ2n) is 4.28. The SMILES string of the molecule is CCCC(CCC(C)C)C(=O)CC. The van der Waals surface area contributed by atoms with Crippen molar-refractivity contribution in [2.75, 3.05) is 0 Å². The standard InChI is InChI=1S/C12H24O/c1-5-7-11(12(13)6-2)9-8-10(3)4/h10-11H,5-9H2,1-4H3. The smallest absolute Gasteiger partial charge is 0.135 e. The summed E-state index contributed by atoms with van der Waals surface area (Å²) >= 11 is 0. The third-order valence-electron chi connectivity index (χ3n) is 2.53. The van der Waals surface area contributed by atoms with Crippen LogP contribution in [0.25, 0.3) is 0 Å². The third kappa shape index (κ3) is 5.84. The summed E-state index contributed by atoms with van der Waals surface area (Å²) in [4.78, 5) is 11.5. The lowest BCUT2D eigenvalue weighted by Gasteiger charge is -2.14. The van der Waals surface area contributed by atoms with Crippen LogP contribution in [0.1, 0.15) is 59.8 Å². The van der Waals surface area contributed by atoms with Crippen molar-refractivity contribution in [2.45, 2.75) is 59.8 Å². The van der Waals surface area contributed by atoms with Gasteiger partial charge in [-0.05, 0) is 18.8 Å². The molecule has 0 fully saturated rings. The topological polar surface area (TPSA) is 17.1 Å². The quantitative estimate of drug-likeness (QED) is 0.588. The van der Waals surface area contributed by atoms with Crippen LogP contribution in [0.15, 0.2) is 0 Å². The van der Waals surface area contributed by atoms with Crippen LogP contribution in [0, 0.1) is 11.8 Å². The molecule has 0 saturated heterocycles. The van der Waals surface area contributed by atoms with Gasteiger partial charge in [0.05, 0.1) is 0 Å². The van der Waals surface area contributed by atoms with Crippen molar-refractivity contribution in [3.05, 3.63) is 0 Å². The molecule has 1 unspecified atom stereocenters. The van der Waals surface area contributed by atoms with Gasteiger partial charge in [-0.1, -0.05) is 40.5 Å². The minimum absolute atomic E-state index is 0.345. The van der Waals surface area contributed by atoms with E-state index in [0.29, 0.717) is 18.1 Å². The normalized spacial score (nSPS) is 13.3. The summed E-state index contributed by atoms with van der Waals surface area (Å²) in [5.41, 5.74) is 0. The summed E-state index contributed by atoms with van der Waals surface area (Å²) in [6.45, 7) is 8.57. The molecule has 0 aliphatic rings. The molecule has 13 heavy (non-hydrogen) atoms. The van der Waals surface area contributed by atoms with E-state index in [1.165, 1.54) is 6.42 Å². The first kappa shape index (κ1) is 12.7. The molecule has 0 radical (unpaired) electrons. The highest BCUT2D eigenvalue weighted by Gasteiger charge is 2.15. The summed E-state index contributed by atoms with van der Waals surface area (Å²) in [6.07, 6.45) is 5.21. The second kappa shape index (κ2) is 7.11. The van der Waals surface area contributed by atoms with E-state index in [1.807, 2.05) is 6.92 Å². The molecule has 0 N–H and O–H groups in total. The zero-order chi connectivity index (χ0) is 10.3. The maximum atomic E-state index is 11.5. The Kier molecular flexibility index (Phi) is 6.93. The van der Waals surface area contributed by atoms with Gasteiger partial charge >= 0.3 is 0 Å². The van der Waals surface area contributed by atoms with Crippen molar-refractivity contribution >= 4 is 5.78 Å². The Morgan fingerprint density at radius 3 is 2.08 bits per heavy atom. The van der Waals surface area contributed by atoms with Crippen molar-refractivity contribution in [3.8, 4) is 0 Å². The summed E-state index contributed by atoms with van der Waals surface area (Å²) in [5, 5.41) is 0. The van der Waals surface area contributed by atoms with Crippen LogP contribution in [-0.4, -0.2) is 5.78 Å². The molecule has 0 aromatic carbocycles. The van der Waals surface area contributed by atoms with E-state index < -0.39 is 0 Å². The van der Waals surface area contributed by atoms with E-state index in [2.05, 4.69) is 20.8 Å². The lowest BCUT2D eigenvalue weighted by atomic mass is 9.89. The molecule has 1 atom stereocenters. The highest BCUT2D eigenvalue weighted by molar-refractivity contribution is 5.80. The van der Waals surface area contributed by atoms with Gasteiger partial charge in [0.25, 0.3) is 0 Å². The number of carbonyl (C=O) groups excluding carboxylic acids is 1. The third-order valence-corrected chi connectivity index (χ3v) is 2.53. The highest BCUT2D eigenvalue weighted by atomic mass is 16.1. The summed E-state index contributed by atoms with van der Waals surface area (Å²) in [5.74, 6) is 1.53. The zero-order valence-electron chi connectivity index (χ0n) is 9.60. The number of carbonyl (C=O) groups is 1. The molecule has 0 amide bonds. The van der Waals surface area contributed by atoms with E-state index in [9.17, 15) is 4.79 Å². The summed E-state index contributed by atoms with van der Waals surface area (Å²) < 4.78 is 0. The van der Waals surface area contributed by atoms with Gasteiger partial charge in [-0.15, -0.1) is 0 Å². The Hall–Kier alpha value is -0.330. The first-order valence-electron chi connectivity index (χ1n) is 5.64. The van der Waals surface area contributed by atoms with Gasteiger partial charge in [-0.2, -0.15) is 0 Å². The fourth-order valence-corrected chi connectivity index (χ4v) is 1.64. The molecular formula is C12H24O. The maximum absolute atomic E-state index is 11.5. The van der Waals surface area contributed by atoms with Gasteiger partial charge < -0.3 is 0 Å². The van der Waals surface area contributed by atoms with Gasteiger partial charge in [-0.3, -0.25) is 4.79 Å². The van der Waals surface area contributed by atoms with Gasteiger partial charge in [-0.25, -0.2) is 0 Å². The van der Waals surface area contributed by atoms with E-state index in [4.69, 9.17) is 0 Å². The fraction of sp³-hybridized carbons (Fsp3) is 0.917. The number of ketones is 1. The lowest BCUT2D eigenvalue weighted by Crippen LogP contribution is -2.14. The second-order valence-corrected chi connectivity index (χ2v) is 4.28. The Labute approximate surface area is 82.9 Å². The molecule has 0 heterocycles. The highest BCUT2D eigenvalue weighted by Crippen LogP contribution is 2.19. The molecule has 0 aromatic heterocycles. The monoisotopic (exact) mass is 184 g/mol. The fourth-order valence-electron chi connectivity index (χ4n) is 1.64. The predicted molar refractivity (Wildman–Crippen MR) is 57.8 cm³/mol. The van der Waals surface area contributed by atoms with Crippen LogP contribution in [0.2, 0.25) is 0 Å². The number of hydrogen-bond donors (Lipinski definition) is 0. The first-order valence-corrected chi connectivity index (χ1v) is 5.64. The molecule has 0 spiro atoms. The Morgan fingerprint density at radius 1 is 1.08 bits per heavy atom. The Morgan fingerprint density at radius 2 is 1.69 bits per heavy atom. The van der Waals surface area contributed by atoms with Crippen molar-refractivity contribution in [2.24, 2.45) is 11.8 Å². The molecule has 1 nitrogen and oxygen atoms in total. The average molecular weight is 184 g/mol. The molecule has 0 bridgehead atoms.